The van der Waals surface area contributed by atoms with Crippen molar-refractivity contribution < 1.29 is 8.42 Å². The van der Waals surface area contributed by atoms with Crippen molar-refractivity contribution in [2.45, 2.75) is 18.7 Å². The van der Waals surface area contributed by atoms with Crippen molar-refractivity contribution >= 4 is 27.3 Å². The first-order chi connectivity index (χ1) is 11.9. The van der Waals surface area contributed by atoms with E-state index in [1.165, 1.54) is 12.1 Å². The van der Waals surface area contributed by atoms with Crippen LogP contribution < -0.4 is 10.0 Å². The second-order valence-corrected chi connectivity index (χ2v) is 7.41. The van der Waals surface area contributed by atoms with Crippen LogP contribution in [0, 0.1) is 13.8 Å². The van der Waals surface area contributed by atoms with Crippen molar-refractivity contribution in [3.63, 3.8) is 0 Å². The molecule has 1 heterocycles. The summed E-state index contributed by atoms with van der Waals surface area (Å²) in [7, 11) is -3.67. The van der Waals surface area contributed by atoms with E-state index in [1.807, 2.05) is 26.0 Å². The fourth-order valence-electron chi connectivity index (χ4n) is 2.44. The van der Waals surface area contributed by atoms with Gasteiger partial charge in [0, 0.05) is 5.69 Å². The van der Waals surface area contributed by atoms with Gasteiger partial charge in [0.1, 0.15) is 0 Å². The van der Waals surface area contributed by atoms with Crippen LogP contribution in [0.15, 0.2) is 65.6 Å². The van der Waals surface area contributed by atoms with Crippen LogP contribution in [-0.2, 0) is 10.0 Å². The van der Waals surface area contributed by atoms with E-state index in [-0.39, 0.29) is 10.7 Å². The zero-order valence-corrected chi connectivity index (χ0v) is 14.7. The average Bonchev–Trinajstić information content (AvgIpc) is 2.56. The van der Waals surface area contributed by atoms with E-state index >= 15 is 0 Å². The standard InChI is InChI=1S/C18H18N4O2S/c1-13-10-14(2)12-15(11-13)19-17-8-9-18(21-20-17)22-25(23,24)16-6-4-3-5-7-16/h3-12H,1-2H3,(H,19,20)(H,21,22). The number of nitrogens with one attached hydrogen (secondary N) is 2. The number of nitrogens with zero attached hydrogens (tertiary/aromatic N) is 2. The number of rotatable bonds is 5. The maximum Gasteiger partial charge on any atom is 0.263 e. The van der Waals surface area contributed by atoms with Crippen molar-refractivity contribution in [3.05, 3.63) is 71.8 Å². The van der Waals surface area contributed by atoms with E-state index in [9.17, 15) is 8.42 Å². The lowest BCUT2D eigenvalue weighted by molar-refractivity contribution is 0.601. The highest BCUT2D eigenvalue weighted by Crippen LogP contribution is 2.19. The zero-order chi connectivity index (χ0) is 17.9. The van der Waals surface area contributed by atoms with Crippen LogP contribution in [0.4, 0.5) is 17.3 Å². The van der Waals surface area contributed by atoms with E-state index in [0.29, 0.717) is 5.82 Å². The molecule has 0 aliphatic carbocycles. The maximum atomic E-state index is 12.3. The van der Waals surface area contributed by atoms with Gasteiger partial charge in [0.15, 0.2) is 11.6 Å². The SMILES string of the molecule is Cc1cc(C)cc(Nc2ccc(NS(=O)(=O)c3ccccc3)nn2)c1. The highest BCUT2D eigenvalue weighted by molar-refractivity contribution is 7.92. The van der Waals surface area contributed by atoms with E-state index in [2.05, 4.69) is 26.3 Å². The lowest BCUT2D eigenvalue weighted by Crippen LogP contribution is -2.14. The molecule has 0 saturated carbocycles. The minimum atomic E-state index is -3.67. The Bertz CT molecular complexity index is 951. The zero-order valence-electron chi connectivity index (χ0n) is 13.9. The Balaban J connectivity index is 1.74. The van der Waals surface area contributed by atoms with Gasteiger partial charge in [-0.05, 0) is 61.4 Å². The third-order valence-electron chi connectivity index (χ3n) is 3.45. The molecule has 0 amide bonds. The first-order valence-electron chi connectivity index (χ1n) is 7.69. The molecule has 0 atom stereocenters. The van der Waals surface area contributed by atoms with Crippen LogP contribution in [0.1, 0.15) is 11.1 Å². The number of hydrogen-bond donors (Lipinski definition) is 2. The molecule has 0 spiro atoms. The Morgan fingerprint density at radius 1 is 0.800 bits per heavy atom. The molecular weight excluding hydrogens is 336 g/mol. The van der Waals surface area contributed by atoms with E-state index in [4.69, 9.17) is 0 Å². The molecule has 0 aliphatic rings. The molecule has 0 radical (unpaired) electrons. The minimum Gasteiger partial charge on any atom is -0.339 e. The molecule has 1 aromatic heterocycles. The fraction of sp³-hybridized carbons (Fsp3) is 0.111. The molecule has 0 bridgehead atoms. The van der Waals surface area contributed by atoms with Crippen molar-refractivity contribution in [1.82, 2.24) is 10.2 Å². The quantitative estimate of drug-likeness (QED) is 0.731. The first-order valence-corrected chi connectivity index (χ1v) is 9.18. The summed E-state index contributed by atoms with van der Waals surface area (Å²) < 4.78 is 26.9. The molecule has 3 aromatic rings. The van der Waals surface area contributed by atoms with Gasteiger partial charge in [-0.25, -0.2) is 8.42 Å². The summed E-state index contributed by atoms with van der Waals surface area (Å²) in [5.74, 6) is 0.697. The molecule has 128 valence electrons. The summed E-state index contributed by atoms with van der Waals surface area (Å²) in [5, 5.41) is 11.1. The second kappa shape index (κ2) is 6.90. The van der Waals surface area contributed by atoms with Crippen LogP contribution in [-0.4, -0.2) is 18.6 Å². The number of anilines is 3. The number of sulfonamides is 1. The fourth-order valence-corrected chi connectivity index (χ4v) is 3.46. The molecule has 0 saturated heterocycles. The Morgan fingerprint density at radius 3 is 2.00 bits per heavy atom. The predicted molar refractivity (Wildman–Crippen MR) is 98.5 cm³/mol. The lowest BCUT2D eigenvalue weighted by Gasteiger charge is -2.09. The van der Waals surface area contributed by atoms with Crippen LogP contribution in [0.2, 0.25) is 0 Å². The molecule has 0 fully saturated rings. The molecule has 7 heteroatoms. The summed E-state index contributed by atoms with van der Waals surface area (Å²) in [5.41, 5.74) is 3.19. The van der Waals surface area contributed by atoms with Gasteiger partial charge >= 0.3 is 0 Å². The smallest absolute Gasteiger partial charge is 0.263 e. The van der Waals surface area contributed by atoms with Crippen LogP contribution in [0.25, 0.3) is 0 Å². The Hall–Kier alpha value is -2.93. The van der Waals surface area contributed by atoms with Crippen LogP contribution in [0.5, 0.6) is 0 Å². The van der Waals surface area contributed by atoms with Crippen molar-refractivity contribution in [1.29, 1.82) is 0 Å². The monoisotopic (exact) mass is 354 g/mol. The van der Waals surface area contributed by atoms with Crippen molar-refractivity contribution in [2.24, 2.45) is 0 Å². The summed E-state index contributed by atoms with van der Waals surface area (Å²) in [6.45, 7) is 4.04. The number of aromatic nitrogens is 2. The van der Waals surface area contributed by atoms with Gasteiger partial charge in [0.05, 0.1) is 4.90 Å². The molecule has 2 aromatic carbocycles. The summed E-state index contributed by atoms with van der Waals surface area (Å²) >= 11 is 0. The number of aryl methyl sites for hydroxylation is 2. The number of benzene rings is 2. The molecule has 6 nitrogen and oxygen atoms in total. The van der Waals surface area contributed by atoms with Gasteiger partial charge in [0.25, 0.3) is 10.0 Å². The van der Waals surface area contributed by atoms with E-state index in [1.54, 1.807) is 30.3 Å². The number of hydrogen-bond acceptors (Lipinski definition) is 5. The third kappa shape index (κ3) is 4.33. The minimum absolute atomic E-state index is 0.162. The topological polar surface area (TPSA) is 84.0 Å². The maximum absolute atomic E-state index is 12.3. The molecule has 0 unspecified atom stereocenters. The van der Waals surface area contributed by atoms with Gasteiger partial charge in [-0.1, -0.05) is 24.3 Å². The first kappa shape index (κ1) is 16.9. The third-order valence-corrected chi connectivity index (χ3v) is 4.82. The Labute approximate surface area is 147 Å². The Kier molecular flexibility index (Phi) is 4.67. The van der Waals surface area contributed by atoms with Gasteiger partial charge in [-0.15, -0.1) is 10.2 Å². The Morgan fingerprint density at radius 2 is 1.40 bits per heavy atom. The van der Waals surface area contributed by atoms with Crippen LogP contribution in [0.3, 0.4) is 0 Å². The summed E-state index contributed by atoms with van der Waals surface area (Å²) in [6, 6.07) is 17.4. The molecule has 2 N–H and O–H groups in total. The predicted octanol–water partition coefficient (Wildman–Crippen LogP) is 3.64. The molecule has 0 aliphatic heterocycles. The average molecular weight is 354 g/mol. The van der Waals surface area contributed by atoms with Gasteiger partial charge in [-0.3, -0.25) is 4.72 Å². The van der Waals surface area contributed by atoms with E-state index < -0.39 is 10.0 Å². The van der Waals surface area contributed by atoms with E-state index in [0.717, 1.165) is 16.8 Å². The van der Waals surface area contributed by atoms with Crippen molar-refractivity contribution in [3.8, 4) is 0 Å². The van der Waals surface area contributed by atoms with Gasteiger partial charge < -0.3 is 5.32 Å². The lowest BCUT2D eigenvalue weighted by atomic mass is 10.1. The van der Waals surface area contributed by atoms with Gasteiger partial charge in [-0.2, -0.15) is 0 Å². The normalized spacial score (nSPS) is 11.1. The summed E-state index contributed by atoms with van der Waals surface area (Å²) in [6.07, 6.45) is 0. The summed E-state index contributed by atoms with van der Waals surface area (Å²) in [4.78, 5) is 0.175. The van der Waals surface area contributed by atoms with Crippen LogP contribution >= 0.6 is 0 Å². The molecule has 25 heavy (non-hydrogen) atoms. The highest BCUT2D eigenvalue weighted by Gasteiger charge is 2.14. The second-order valence-electron chi connectivity index (χ2n) is 5.72. The van der Waals surface area contributed by atoms with Crippen molar-refractivity contribution in [2.75, 3.05) is 10.0 Å². The van der Waals surface area contributed by atoms with Gasteiger partial charge in [0.2, 0.25) is 0 Å². The molecule has 3 rings (SSSR count). The highest BCUT2D eigenvalue weighted by atomic mass is 32.2. The largest absolute Gasteiger partial charge is 0.339 e. The molecular formula is C18H18N4O2S.